The third kappa shape index (κ3) is 3.67. The van der Waals surface area contributed by atoms with E-state index in [4.69, 9.17) is 4.74 Å². The van der Waals surface area contributed by atoms with Crippen LogP contribution in [0.2, 0.25) is 0 Å². The fourth-order valence-corrected chi connectivity index (χ4v) is 1.79. The molecule has 0 unspecified atom stereocenters. The van der Waals surface area contributed by atoms with E-state index in [2.05, 4.69) is 39.5 Å². The Labute approximate surface area is 100.0 Å². The molecule has 2 heteroatoms. The van der Waals surface area contributed by atoms with Gasteiger partial charge in [-0.25, -0.2) is 0 Å². The first-order valence-corrected chi connectivity index (χ1v) is 6.29. The monoisotopic (exact) mass is 223 g/mol. The Bertz CT molecular complexity index is 289. The highest BCUT2D eigenvalue weighted by Crippen LogP contribution is 2.21. The summed E-state index contributed by atoms with van der Waals surface area (Å²) in [7, 11) is 0. The zero-order valence-electron chi connectivity index (χ0n) is 11.3. The van der Waals surface area contributed by atoms with Gasteiger partial charge in [0.15, 0.2) is 0 Å². The molecule has 0 atom stereocenters. The molecule has 92 valence electrons. The highest BCUT2D eigenvalue weighted by molar-refractivity contribution is 5.13. The van der Waals surface area contributed by atoms with Crippen LogP contribution >= 0.6 is 0 Å². The van der Waals surface area contributed by atoms with E-state index in [1.54, 1.807) is 0 Å². The van der Waals surface area contributed by atoms with Gasteiger partial charge in [0.2, 0.25) is 0 Å². The third-order valence-corrected chi connectivity index (χ3v) is 3.23. The van der Waals surface area contributed by atoms with E-state index in [1.165, 1.54) is 16.9 Å². The van der Waals surface area contributed by atoms with Crippen molar-refractivity contribution in [2.45, 2.75) is 53.5 Å². The lowest BCUT2D eigenvalue weighted by atomic mass is 10.1. The second-order valence-electron chi connectivity index (χ2n) is 4.95. The maximum atomic E-state index is 5.77. The van der Waals surface area contributed by atoms with Gasteiger partial charge in [0.25, 0.3) is 0 Å². The van der Waals surface area contributed by atoms with Crippen LogP contribution in [0.3, 0.4) is 0 Å². The molecule has 0 aromatic heterocycles. The lowest BCUT2D eigenvalue weighted by Crippen LogP contribution is -2.36. The van der Waals surface area contributed by atoms with Crippen molar-refractivity contribution in [3.63, 3.8) is 0 Å². The van der Waals surface area contributed by atoms with Crippen LogP contribution in [0, 0.1) is 0 Å². The van der Waals surface area contributed by atoms with Crippen LogP contribution in [-0.4, -0.2) is 24.0 Å². The summed E-state index contributed by atoms with van der Waals surface area (Å²) < 4.78 is 5.77. The third-order valence-electron chi connectivity index (χ3n) is 3.23. The number of hydrogen-bond acceptors (Lipinski definition) is 2. The number of hydrogen-bond donors (Lipinski definition) is 0. The van der Waals surface area contributed by atoms with Crippen LogP contribution in [0.15, 0.2) is 23.2 Å². The van der Waals surface area contributed by atoms with E-state index in [1.807, 2.05) is 6.26 Å². The van der Waals surface area contributed by atoms with Crippen molar-refractivity contribution < 1.29 is 4.74 Å². The minimum absolute atomic E-state index is 0.629. The van der Waals surface area contributed by atoms with Crippen LogP contribution in [0.25, 0.3) is 0 Å². The van der Waals surface area contributed by atoms with Crippen LogP contribution in [0.5, 0.6) is 0 Å². The molecule has 0 saturated carbocycles. The van der Waals surface area contributed by atoms with E-state index < -0.39 is 0 Å². The number of nitrogens with zero attached hydrogens (tertiary/aromatic N) is 1. The number of ether oxygens (including phenoxy) is 1. The minimum atomic E-state index is 0.629. The van der Waals surface area contributed by atoms with E-state index >= 15 is 0 Å². The molecule has 1 rings (SSSR count). The summed E-state index contributed by atoms with van der Waals surface area (Å²) in [6.45, 7) is 13.1. The summed E-state index contributed by atoms with van der Waals surface area (Å²) in [5, 5.41) is 0. The Morgan fingerprint density at radius 1 is 1.50 bits per heavy atom. The molecule has 0 N–H and O–H groups in total. The fourth-order valence-electron chi connectivity index (χ4n) is 1.79. The Morgan fingerprint density at radius 3 is 2.69 bits per heavy atom. The van der Waals surface area contributed by atoms with Crippen LogP contribution in [0.1, 0.15) is 47.5 Å². The first kappa shape index (κ1) is 13.3. The van der Waals surface area contributed by atoms with Crippen molar-refractivity contribution in [3.05, 3.63) is 23.2 Å². The lowest BCUT2D eigenvalue weighted by Gasteiger charge is -2.31. The lowest BCUT2D eigenvalue weighted by molar-refractivity contribution is 0.197. The molecule has 0 radical (unpaired) electrons. The summed E-state index contributed by atoms with van der Waals surface area (Å²) >= 11 is 0. The summed E-state index contributed by atoms with van der Waals surface area (Å²) in [5.41, 5.74) is 2.67. The Balaban J connectivity index is 2.59. The molecule has 1 aliphatic rings. The van der Waals surface area contributed by atoms with E-state index in [-0.39, 0.29) is 0 Å². The highest BCUT2D eigenvalue weighted by Gasteiger charge is 2.18. The zero-order valence-corrected chi connectivity index (χ0v) is 11.3. The zero-order chi connectivity index (χ0) is 12.1. The molecule has 2 nitrogen and oxygen atoms in total. The highest BCUT2D eigenvalue weighted by atomic mass is 16.5. The van der Waals surface area contributed by atoms with Gasteiger partial charge in [-0.15, -0.1) is 0 Å². The molecule has 1 aliphatic heterocycles. The van der Waals surface area contributed by atoms with Gasteiger partial charge in [-0.05, 0) is 45.3 Å². The molecule has 0 fully saturated rings. The summed E-state index contributed by atoms with van der Waals surface area (Å²) in [4.78, 5) is 2.48. The predicted octanol–water partition coefficient (Wildman–Crippen LogP) is 3.70. The Hall–Kier alpha value is -0.760. The summed E-state index contributed by atoms with van der Waals surface area (Å²) in [6.07, 6.45) is 4.01. The first-order chi connectivity index (χ1) is 7.54. The topological polar surface area (TPSA) is 12.5 Å². The molecule has 0 saturated heterocycles. The number of rotatable bonds is 4. The maximum absolute atomic E-state index is 5.77. The van der Waals surface area contributed by atoms with Crippen LogP contribution in [0.4, 0.5) is 0 Å². The predicted molar refractivity (Wildman–Crippen MR) is 69.2 cm³/mol. The molecule has 1 heterocycles. The van der Waals surface area contributed by atoms with Gasteiger partial charge in [0, 0.05) is 25.6 Å². The molecule has 0 bridgehead atoms. The second kappa shape index (κ2) is 6.09. The van der Waals surface area contributed by atoms with Crippen LogP contribution in [-0.2, 0) is 4.74 Å². The largest absolute Gasteiger partial charge is 0.469 e. The van der Waals surface area contributed by atoms with Gasteiger partial charge >= 0.3 is 0 Å². The fraction of sp³-hybridized carbons (Fsp3) is 0.714. The smallest absolute Gasteiger partial charge is 0.105 e. The summed E-state index contributed by atoms with van der Waals surface area (Å²) in [6, 6.07) is 0.629. The SMILES string of the molecule is CCC(C)=COC1=C(C)CN(C(C)C)CC1. The maximum Gasteiger partial charge on any atom is 0.105 e. The van der Waals surface area contributed by atoms with Crippen molar-refractivity contribution in [3.8, 4) is 0 Å². The molecular formula is C14H25NO. The molecule has 0 amide bonds. The first-order valence-electron chi connectivity index (χ1n) is 6.29. The van der Waals surface area contributed by atoms with Crippen molar-refractivity contribution in [2.24, 2.45) is 0 Å². The second-order valence-corrected chi connectivity index (χ2v) is 4.95. The van der Waals surface area contributed by atoms with E-state index in [9.17, 15) is 0 Å². The van der Waals surface area contributed by atoms with Gasteiger partial charge in [0.1, 0.15) is 5.76 Å². The van der Waals surface area contributed by atoms with Gasteiger partial charge in [-0.2, -0.15) is 0 Å². The van der Waals surface area contributed by atoms with Gasteiger partial charge in [-0.1, -0.05) is 6.92 Å². The molecule has 0 aromatic rings. The van der Waals surface area contributed by atoms with Gasteiger partial charge in [-0.3, -0.25) is 4.90 Å². The normalized spacial score (nSPS) is 19.5. The number of allylic oxidation sites excluding steroid dienone is 1. The molecule has 0 aliphatic carbocycles. The molecular weight excluding hydrogens is 198 g/mol. The minimum Gasteiger partial charge on any atom is -0.469 e. The Morgan fingerprint density at radius 2 is 2.19 bits per heavy atom. The van der Waals surface area contributed by atoms with Crippen molar-refractivity contribution in [2.75, 3.05) is 13.1 Å². The van der Waals surface area contributed by atoms with Crippen LogP contribution < -0.4 is 0 Å². The molecule has 0 aromatic carbocycles. The average molecular weight is 223 g/mol. The summed E-state index contributed by atoms with van der Waals surface area (Å²) in [5.74, 6) is 1.17. The van der Waals surface area contributed by atoms with Crippen molar-refractivity contribution >= 4 is 0 Å². The van der Waals surface area contributed by atoms with Gasteiger partial charge < -0.3 is 4.74 Å². The molecule has 16 heavy (non-hydrogen) atoms. The molecule has 0 spiro atoms. The van der Waals surface area contributed by atoms with E-state index in [0.717, 1.165) is 25.9 Å². The van der Waals surface area contributed by atoms with E-state index in [0.29, 0.717) is 6.04 Å². The van der Waals surface area contributed by atoms with Crippen molar-refractivity contribution in [1.82, 2.24) is 4.90 Å². The quantitative estimate of drug-likeness (QED) is 0.674. The van der Waals surface area contributed by atoms with Crippen molar-refractivity contribution in [1.29, 1.82) is 0 Å². The Kier molecular flexibility index (Phi) is 5.07. The van der Waals surface area contributed by atoms with Gasteiger partial charge in [0.05, 0.1) is 6.26 Å². The average Bonchev–Trinajstić information content (AvgIpc) is 2.26. The standard InChI is InChI=1S/C14H25NO/c1-6-12(4)10-16-14-7-8-15(11(2)3)9-13(14)5/h10-11H,6-9H2,1-5H3.